The number of aromatic nitrogens is 4. The summed E-state index contributed by atoms with van der Waals surface area (Å²) in [6, 6.07) is 25.7. The lowest BCUT2D eigenvalue weighted by molar-refractivity contribution is 0.355. The Morgan fingerprint density at radius 3 is 2.26 bits per heavy atom. The van der Waals surface area contributed by atoms with E-state index in [4.69, 9.17) is 14.5 Å². The van der Waals surface area contributed by atoms with Gasteiger partial charge in [0.05, 0.1) is 30.9 Å². The third kappa shape index (κ3) is 3.48. The average molecular weight is 408 g/mol. The van der Waals surface area contributed by atoms with Crippen LogP contribution in [-0.4, -0.2) is 34.4 Å². The van der Waals surface area contributed by atoms with Gasteiger partial charge in [-0.2, -0.15) is 0 Å². The predicted molar refractivity (Wildman–Crippen MR) is 121 cm³/mol. The maximum Gasteiger partial charge on any atom is 0.161 e. The molecular weight excluding hydrogens is 388 g/mol. The SMILES string of the molecule is COc1ccc(-c2cc(-c3nc4ccccc4[nH]3)c(-c3ccccc3)nn2)cc1OC. The fourth-order valence-electron chi connectivity index (χ4n) is 3.60. The largest absolute Gasteiger partial charge is 0.493 e. The van der Waals surface area contributed by atoms with Crippen LogP contribution in [0.4, 0.5) is 0 Å². The maximum atomic E-state index is 5.45. The highest BCUT2D eigenvalue weighted by Gasteiger charge is 2.16. The summed E-state index contributed by atoms with van der Waals surface area (Å²) in [5.41, 5.74) is 6.09. The topological polar surface area (TPSA) is 72.9 Å². The number of ether oxygens (including phenoxy) is 2. The molecule has 5 rings (SSSR count). The zero-order valence-corrected chi connectivity index (χ0v) is 17.2. The Kier molecular flexibility index (Phi) is 4.80. The summed E-state index contributed by atoms with van der Waals surface area (Å²) in [6.45, 7) is 0. The molecule has 6 nitrogen and oxygen atoms in total. The standard InChI is InChI=1S/C25H20N4O2/c1-30-22-13-12-17(14-23(22)31-2)21-15-18(24(29-28-21)16-8-4-3-5-9-16)25-26-19-10-6-7-11-20(19)27-25/h3-15H,1-2H3,(H,26,27). The Hall–Kier alpha value is -4.19. The molecule has 0 amide bonds. The molecule has 0 aliphatic carbocycles. The number of imidazole rings is 1. The Balaban J connectivity index is 1.70. The molecule has 0 fully saturated rings. The highest BCUT2D eigenvalue weighted by Crippen LogP contribution is 2.35. The van der Waals surface area contributed by atoms with Crippen LogP contribution in [0, 0.1) is 0 Å². The first-order valence-corrected chi connectivity index (χ1v) is 9.87. The van der Waals surface area contributed by atoms with Gasteiger partial charge >= 0.3 is 0 Å². The van der Waals surface area contributed by atoms with Crippen molar-refractivity contribution in [1.82, 2.24) is 20.2 Å². The van der Waals surface area contributed by atoms with Crippen molar-refractivity contribution in [2.75, 3.05) is 14.2 Å². The summed E-state index contributed by atoms with van der Waals surface area (Å²) in [6.07, 6.45) is 0. The molecule has 31 heavy (non-hydrogen) atoms. The van der Waals surface area contributed by atoms with Gasteiger partial charge in [-0.15, -0.1) is 10.2 Å². The number of rotatable bonds is 5. The fourth-order valence-corrected chi connectivity index (χ4v) is 3.60. The van der Waals surface area contributed by atoms with Gasteiger partial charge in [0.2, 0.25) is 0 Å². The number of H-pyrrole nitrogens is 1. The van der Waals surface area contributed by atoms with E-state index in [1.165, 1.54) is 0 Å². The van der Waals surface area contributed by atoms with Crippen molar-refractivity contribution in [1.29, 1.82) is 0 Å². The molecule has 152 valence electrons. The van der Waals surface area contributed by atoms with Crippen LogP contribution in [-0.2, 0) is 0 Å². The van der Waals surface area contributed by atoms with Crippen LogP contribution in [0.1, 0.15) is 0 Å². The quantitative estimate of drug-likeness (QED) is 0.423. The Bertz CT molecular complexity index is 1330. The van der Waals surface area contributed by atoms with Crippen molar-refractivity contribution in [3.63, 3.8) is 0 Å². The molecule has 2 aromatic heterocycles. The number of nitrogens with zero attached hydrogens (tertiary/aromatic N) is 3. The Morgan fingerprint density at radius 1 is 0.710 bits per heavy atom. The molecule has 0 bridgehead atoms. The number of fused-ring (bicyclic) bond motifs is 1. The lowest BCUT2D eigenvalue weighted by Gasteiger charge is -2.11. The second-order valence-corrected chi connectivity index (χ2v) is 7.03. The monoisotopic (exact) mass is 408 g/mol. The molecule has 0 saturated carbocycles. The van der Waals surface area contributed by atoms with Crippen molar-refractivity contribution in [2.45, 2.75) is 0 Å². The van der Waals surface area contributed by atoms with Gasteiger partial charge in [0.25, 0.3) is 0 Å². The molecule has 0 saturated heterocycles. The summed E-state index contributed by atoms with van der Waals surface area (Å²) in [4.78, 5) is 8.21. The molecule has 0 spiro atoms. The zero-order valence-electron chi connectivity index (χ0n) is 17.2. The van der Waals surface area contributed by atoms with E-state index in [1.807, 2.05) is 78.9 Å². The van der Waals surface area contributed by atoms with E-state index >= 15 is 0 Å². The first kappa shape index (κ1) is 18.8. The molecule has 0 aliphatic heterocycles. The smallest absolute Gasteiger partial charge is 0.161 e. The molecule has 3 aromatic carbocycles. The molecule has 0 unspecified atom stereocenters. The van der Waals surface area contributed by atoms with E-state index in [2.05, 4.69) is 15.2 Å². The van der Waals surface area contributed by atoms with E-state index in [1.54, 1.807) is 14.2 Å². The van der Waals surface area contributed by atoms with Gasteiger partial charge in [0.15, 0.2) is 11.5 Å². The van der Waals surface area contributed by atoms with Crippen LogP contribution in [0.5, 0.6) is 11.5 Å². The van der Waals surface area contributed by atoms with E-state index in [0.29, 0.717) is 11.5 Å². The van der Waals surface area contributed by atoms with E-state index in [-0.39, 0.29) is 0 Å². The third-order valence-electron chi connectivity index (χ3n) is 5.16. The molecule has 6 heteroatoms. The summed E-state index contributed by atoms with van der Waals surface area (Å²) in [5.74, 6) is 2.05. The van der Waals surface area contributed by atoms with Gasteiger partial charge in [-0.25, -0.2) is 4.98 Å². The third-order valence-corrected chi connectivity index (χ3v) is 5.16. The van der Waals surface area contributed by atoms with Crippen LogP contribution in [0.3, 0.4) is 0 Å². The van der Waals surface area contributed by atoms with Gasteiger partial charge in [0, 0.05) is 16.7 Å². The van der Waals surface area contributed by atoms with Gasteiger partial charge in [-0.05, 0) is 36.4 Å². The number of benzene rings is 3. The number of para-hydroxylation sites is 2. The molecular formula is C25H20N4O2. The van der Waals surface area contributed by atoms with Crippen molar-refractivity contribution < 1.29 is 9.47 Å². The first-order chi connectivity index (χ1) is 15.3. The normalized spacial score (nSPS) is 10.9. The molecule has 0 atom stereocenters. The highest BCUT2D eigenvalue weighted by molar-refractivity contribution is 5.85. The number of methoxy groups -OCH3 is 2. The lowest BCUT2D eigenvalue weighted by Crippen LogP contribution is -1.97. The van der Waals surface area contributed by atoms with Crippen molar-refractivity contribution >= 4 is 11.0 Å². The Labute approximate surface area is 179 Å². The summed E-state index contributed by atoms with van der Waals surface area (Å²) >= 11 is 0. The Morgan fingerprint density at radius 2 is 1.48 bits per heavy atom. The van der Waals surface area contributed by atoms with Crippen LogP contribution in [0.15, 0.2) is 78.9 Å². The van der Waals surface area contributed by atoms with Crippen molar-refractivity contribution in [3.05, 3.63) is 78.9 Å². The van der Waals surface area contributed by atoms with E-state index in [0.717, 1.165) is 44.9 Å². The summed E-state index contributed by atoms with van der Waals surface area (Å²) in [7, 11) is 3.23. The summed E-state index contributed by atoms with van der Waals surface area (Å²) in [5, 5.41) is 9.10. The van der Waals surface area contributed by atoms with Crippen LogP contribution < -0.4 is 9.47 Å². The molecule has 2 heterocycles. The lowest BCUT2D eigenvalue weighted by atomic mass is 10.0. The van der Waals surface area contributed by atoms with Gasteiger partial charge in [0.1, 0.15) is 11.5 Å². The van der Waals surface area contributed by atoms with Gasteiger partial charge in [-0.3, -0.25) is 0 Å². The second kappa shape index (κ2) is 7.91. The molecule has 0 aliphatic rings. The average Bonchev–Trinajstić information content (AvgIpc) is 3.28. The molecule has 0 radical (unpaired) electrons. The number of aromatic amines is 1. The fraction of sp³-hybridized carbons (Fsp3) is 0.0800. The minimum Gasteiger partial charge on any atom is -0.493 e. The minimum atomic E-state index is 0.638. The molecule has 1 N–H and O–H groups in total. The zero-order chi connectivity index (χ0) is 21.2. The number of nitrogens with one attached hydrogen (secondary N) is 1. The van der Waals surface area contributed by atoms with Crippen LogP contribution in [0.25, 0.3) is 44.9 Å². The van der Waals surface area contributed by atoms with Gasteiger partial charge < -0.3 is 14.5 Å². The summed E-state index contributed by atoms with van der Waals surface area (Å²) < 4.78 is 10.8. The molecule has 5 aromatic rings. The van der Waals surface area contributed by atoms with Crippen molar-refractivity contribution in [3.8, 4) is 45.4 Å². The van der Waals surface area contributed by atoms with E-state index < -0.39 is 0 Å². The van der Waals surface area contributed by atoms with Crippen LogP contribution >= 0.6 is 0 Å². The van der Waals surface area contributed by atoms with E-state index in [9.17, 15) is 0 Å². The first-order valence-electron chi connectivity index (χ1n) is 9.87. The number of hydrogen-bond acceptors (Lipinski definition) is 5. The number of hydrogen-bond donors (Lipinski definition) is 1. The predicted octanol–water partition coefficient (Wildman–Crippen LogP) is 5.37. The second-order valence-electron chi connectivity index (χ2n) is 7.03. The highest BCUT2D eigenvalue weighted by atomic mass is 16.5. The minimum absolute atomic E-state index is 0.638. The maximum absolute atomic E-state index is 5.45. The van der Waals surface area contributed by atoms with Gasteiger partial charge in [-0.1, -0.05) is 42.5 Å². The van der Waals surface area contributed by atoms with Crippen molar-refractivity contribution in [2.24, 2.45) is 0 Å². The van der Waals surface area contributed by atoms with Crippen LogP contribution in [0.2, 0.25) is 0 Å².